The molecule has 0 aromatic heterocycles. The van der Waals surface area contributed by atoms with E-state index in [-0.39, 0.29) is 34.6 Å². The Morgan fingerprint density at radius 3 is 2.71 bits per heavy atom. The second-order valence-electron chi connectivity index (χ2n) is 6.54. The second kappa shape index (κ2) is 6.52. The van der Waals surface area contributed by atoms with Gasteiger partial charge in [0.15, 0.2) is 15.0 Å². The molecule has 2 saturated heterocycles. The number of carbonyl (C=O) groups is 1. The van der Waals surface area contributed by atoms with Crippen LogP contribution in [-0.2, 0) is 21.1 Å². The molecule has 1 aromatic rings. The number of hydrogen-bond donors (Lipinski definition) is 0. The highest BCUT2D eigenvalue weighted by atomic mass is 32.2. The molecule has 0 unspecified atom stereocenters. The van der Waals surface area contributed by atoms with Gasteiger partial charge < -0.3 is 4.90 Å². The van der Waals surface area contributed by atoms with E-state index in [4.69, 9.17) is 0 Å². The third kappa shape index (κ3) is 3.24. The number of aryl methyl sites for hydroxylation is 1. The zero-order chi connectivity index (χ0) is 17.5. The number of nitrogens with zero attached hydrogens (tertiary/aromatic N) is 2. The number of fused-ring (bicyclic) bond motifs is 1. The molecule has 0 bridgehead atoms. The van der Waals surface area contributed by atoms with Crippen molar-refractivity contribution in [1.29, 1.82) is 0 Å². The first kappa shape index (κ1) is 17.5. The normalized spacial score (nSPS) is 27.0. The number of amidine groups is 1. The minimum Gasteiger partial charge on any atom is -0.315 e. The lowest BCUT2D eigenvalue weighted by atomic mass is 10.1. The molecular weight excluding hydrogens is 344 g/mol. The number of aliphatic imine (C=N–C) groups is 1. The van der Waals surface area contributed by atoms with Crippen molar-refractivity contribution in [2.75, 3.05) is 16.4 Å². The molecule has 0 aliphatic carbocycles. The number of para-hydroxylation sites is 1. The molecule has 0 radical (unpaired) electrons. The Morgan fingerprint density at radius 2 is 2.04 bits per heavy atom. The van der Waals surface area contributed by atoms with E-state index in [0.29, 0.717) is 5.17 Å². The van der Waals surface area contributed by atoms with Gasteiger partial charge in [-0.15, -0.1) is 0 Å². The Hall–Kier alpha value is -1.34. The van der Waals surface area contributed by atoms with Crippen LogP contribution in [0.2, 0.25) is 0 Å². The van der Waals surface area contributed by atoms with Gasteiger partial charge in [0.25, 0.3) is 5.91 Å². The fourth-order valence-corrected chi connectivity index (χ4v) is 7.03. The fourth-order valence-electron chi connectivity index (χ4n) is 3.11. The SMILES string of the molecule is CCc1ccccc1N1C(=NC(=O)C(C)C)S[C@@H]2CS(=O)(=O)C[C@@H]21. The second-order valence-corrected chi connectivity index (χ2v) is 9.90. The van der Waals surface area contributed by atoms with E-state index in [1.165, 1.54) is 11.8 Å². The van der Waals surface area contributed by atoms with Gasteiger partial charge in [-0.25, -0.2) is 8.42 Å². The number of sulfone groups is 1. The topological polar surface area (TPSA) is 66.8 Å². The summed E-state index contributed by atoms with van der Waals surface area (Å²) in [5.74, 6) is -0.0653. The van der Waals surface area contributed by atoms with Crippen LogP contribution in [0.3, 0.4) is 0 Å². The summed E-state index contributed by atoms with van der Waals surface area (Å²) in [7, 11) is -3.04. The van der Waals surface area contributed by atoms with Gasteiger partial charge in [0.2, 0.25) is 0 Å². The molecule has 3 rings (SSSR count). The van der Waals surface area contributed by atoms with Crippen molar-refractivity contribution in [2.24, 2.45) is 10.9 Å². The maximum absolute atomic E-state index is 12.1. The van der Waals surface area contributed by atoms with E-state index in [2.05, 4.69) is 11.9 Å². The molecule has 5 nitrogen and oxygen atoms in total. The molecule has 0 N–H and O–H groups in total. The lowest BCUT2D eigenvalue weighted by Crippen LogP contribution is -2.38. The van der Waals surface area contributed by atoms with Crippen LogP contribution in [0.5, 0.6) is 0 Å². The average Bonchev–Trinajstić information content (AvgIpc) is 2.98. The van der Waals surface area contributed by atoms with Crippen LogP contribution in [0.25, 0.3) is 0 Å². The summed E-state index contributed by atoms with van der Waals surface area (Å²) < 4.78 is 24.1. The minimum atomic E-state index is -3.04. The number of benzene rings is 1. The summed E-state index contributed by atoms with van der Waals surface area (Å²) in [6, 6.07) is 7.80. The summed E-state index contributed by atoms with van der Waals surface area (Å²) in [5, 5.41) is 0.582. The zero-order valence-electron chi connectivity index (χ0n) is 14.1. The molecule has 1 amide bonds. The number of hydrogen-bond acceptors (Lipinski definition) is 4. The van der Waals surface area contributed by atoms with E-state index in [9.17, 15) is 13.2 Å². The molecule has 0 saturated carbocycles. The lowest BCUT2D eigenvalue weighted by molar-refractivity contribution is -0.120. The number of anilines is 1. The minimum absolute atomic E-state index is 0.0568. The fraction of sp³-hybridized carbons (Fsp3) is 0.529. The molecule has 1 aromatic carbocycles. The van der Waals surface area contributed by atoms with Crippen molar-refractivity contribution < 1.29 is 13.2 Å². The predicted molar refractivity (Wildman–Crippen MR) is 99.4 cm³/mol. The quantitative estimate of drug-likeness (QED) is 0.822. The molecule has 7 heteroatoms. The molecular formula is C17H22N2O3S2. The molecule has 2 fully saturated rings. The first-order valence-corrected chi connectivity index (χ1v) is 10.9. The summed E-state index contributed by atoms with van der Waals surface area (Å²) in [5.41, 5.74) is 2.10. The van der Waals surface area contributed by atoms with Gasteiger partial charge in [0.05, 0.1) is 17.5 Å². The van der Waals surface area contributed by atoms with Crippen molar-refractivity contribution in [3.05, 3.63) is 29.8 Å². The van der Waals surface area contributed by atoms with Crippen LogP contribution in [-0.4, -0.2) is 42.3 Å². The molecule has 2 atom stereocenters. The zero-order valence-corrected chi connectivity index (χ0v) is 15.7. The van der Waals surface area contributed by atoms with Crippen LogP contribution in [0.4, 0.5) is 5.69 Å². The van der Waals surface area contributed by atoms with Crippen LogP contribution >= 0.6 is 11.8 Å². The Morgan fingerprint density at radius 1 is 1.33 bits per heavy atom. The van der Waals surface area contributed by atoms with E-state index >= 15 is 0 Å². The van der Waals surface area contributed by atoms with Crippen LogP contribution in [0.1, 0.15) is 26.3 Å². The van der Waals surface area contributed by atoms with Crippen molar-refractivity contribution >= 4 is 38.4 Å². The first-order chi connectivity index (χ1) is 11.3. The highest BCUT2D eigenvalue weighted by Crippen LogP contribution is 2.42. The highest BCUT2D eigenvalue weighted by Gasteiger charge is 2.49. The number of rotatable bonds is 3. The predicted octanol–water partition coefficient (Wildman–Crippen LogP) is 2.51. The standard InChI is InChI=1S/C17H22N2O3S2/c1-4-12-7-5-6-8-13(12)19-14-9-24(21,22)10-15(14)23-17(19)18-16(20)11(2)3/h5-8,11,14-15H,4,9-10H2,1-3H3/t14-,15+/m0/s1. The van der Waals surface area contributed by atoms with Crippen molar-refractivity contribution in [3.63, 3.8) is 0 Å². The molecule has 2 aliphatic heterocycles. The van der Waals surface area contributed by atoms with Gasteiger partial charge in [-0.1, -0.05) is 50.7 Å². The van der Waals surface area contributed by atoms with E-state index < -0.39 is 9.84 Å². The van der Waals surface area contributed by atoms with Crippen LogP contribution in [0.15, 0.2) is 29.3 Å². The molecule has 24 heavy (non-hydrogen) atoms. The lowest BCUT2D eigenvalue weighted by Gasteiger charge is -2.26. The molecule has 0 spiro atoms. The maximum atomic E-state index is 12.1. The van der Waals surface area contributed by atoms with Crippen LogP contribution < -0.4 is 4.90 Å². The maximum Gasteiger partial charge on any atom is 0.250 e. The molecule has 2 aliphatic rings. The summed E-state index contributed by atoms with van der Waals surface area (Å²) >= 11 is 1.43. The number of amides is 1. The van der Waals surface area contributed by atoms with Gasteiger partial charge in [-0.3, -0.25) is 4.79 Å². The monoisotopic (exact) mass is 366 g/mol. The van der Waals surface area contributed by atoms with Crippen molar-refractivity contribution in [1.82, 2.24) is 0 Å². The Balaban J connectivity index is 2.06. The van der Waals surface area contributed by atoms with E-state index in [1.54, 1.807) is 0 Å². The largest absolute Gasteiger partial charge is 0.315 e. The van der Waals surface area contributed by atoms with E-state index in [1.807, 2.05) is 43.0 Å². The van der Waals surface area contributed by atoms with Crippen molar-refractivity contribution in [2.45, 2.75) is 38.5 Å². The van der Waals surface area contributed by atoms with Gasteiger partial charge in [0, 0.05) is 16.9 Å². The van der Waals surface area contributed by atoms with E-state index in [0.717, 1.165) is 17.7 Å². The summed E-state index contributed by atoms with van der Waals surface area (Å²) in [6.07, 6.45) is 0.840. The molecule has 2 heterocycles. The summed E-state index contributed by atoms with van der Waals surface area (Å²) in [6.45, 7) is 5.71. The third-order valence-corrected chi connectivity index (χ3v) is 7.61. The van der Waals surface area contributed by atoms with Crippen LogP contribution in [0, 0.1) is 5.92 Å². The van der Waals surface area contributed by atoms with Crippen molar-refractivity contribution in [3.8, 4) is 0 Å². The first-order valence-electron chi connectivity index (χ1n) is 8.19. The van der Waals surface area contributed by atoms with Gasteiger partial charge in [-0.05, 0) is 18.1 Å². The number of thioether (sulfide) groups is 1. The number of carbonyl (C=O) groups excluding carboxylic acids is 1. The average molecular weight is 367 g/mol. The smallest absolute Gasteiger partial charge is 0.250 e. The van der Waals surface area contributed by atoms with Gasteiger partial charge >= 0.3 is 0 Å². The Labute approximate surface area is 147 Å². The van der Waals surface area contributed by atoms with Gasteiger partial charge in [0.1, 0.15) is 0 Å². The Bertz CT molecular complexity index is 787. The third-order valence-electron chi connectivity index (χ3n) is 4.40. The van der Waals surface area contributed by atoms with Gasteiger partial charge in [-0.2, -0.15) is 4.99 Å². The molecule has 130 valence electrons. The summed E-state index contributed by atoms with van der Waals surface area (Å²) in [4.78, 5) is 18.4. The Kier molecular flexibility index (Phi) is 4.75. The highest BCUT2D eigenvalue weighted by molar-refractivity contribution is 8.16.